The Labute approximate surface area is 83.5 Å². The van der Waals surface area contributed by atoms with Crippen molar-refractivity contribution in [3.05, 3.63) is 36.5 Å². The summed E-state index contributed by atoms with van der Waals surface area (Å²) in [4.78, 5) is 4.27. The van der Waals surface area contributed by atoms with Crippen LogP contribution in [0.2, 0.25) is 0 Å². The Hall–Kier alpha value is -1.57. The first-order chi connectivity index (χ1) is 6.92. The van der Waals surface area contributed by atoms with Gasteiger partial charge < -0.3 is 4.74 Å². The Morgan fingerprint density at radius 1 is 1.21 bits per heavy atom. The van der Waals surface area contributed by atoms with Gasteiger partial charge in [-0.05, 0) is 30.7 Å². The Bertz CT molecular complexity index is 420. The smallest absolute Gasteiger partial charge is 0.128 e. The standard InChI is InChI=1S/C12H13NO/c1-2-9-14-12-7-3-6-11-10(12)5-4-8-13-11/h3-8H,2,9H2,1H3. The molecule has 0 spiro atoms. The number of fused-ring (bicyclic) bond motifs is 1. The van der Waals surface area contributed by atoms with Crippen LogP contribution in [0.15, 0.2) is 36.5 Å². The van der Waals surface area contributed by atoms with Crippen LogP contribution in [0.5, 0.6) is 5.75 Å². The van der Waals surface area contributed by atoms with Crippen LogP contribution < -0.4 is 4.74 Å². The van der Waals surface area contributed by atoms with Crippen LogP contribution in [0.4, 0.5) is 0 Å². The van der Waals surface area contributed by atoms with E-state index in [9.17, 15) is 0 Å². The van der Waals surface area contributed by atoms with Crippen LogP contribution in [0.25, 0.3) is 10.9 Å². The van der Waals surface area contributed by atoms with E-state index in [1.54, 1.807) is 6.20 Å². The third-order valence-electron chi connectivity index (χ3n) is 2.07. The summed E-state index contributed by atoms with van der Waals surface area (Å²) in [5.41, 5.74) is 0.987. The topological polar surface area (TPSA) is 22.1 Å². The van der Waals surface area contributed by atoms with Crippen LogP contribution in [-0.4, -0.2) is 11.6 Å². The lowest BCUT2D eigenvalue weighted by atomic mass is 10.2. The maximum Gasteiger partial charge on any atom is 0.128 e. The summed E-state index contributed by atoms with van der Waals surface area (Å²) in [5.74, 6) is 0.928. The minimum Gasteiger partial charge on any atom is -0.493 e. The molecule has 0 aliphatic heterocycles. The molecule has 0 N–H and O–H groups in total. The molecule has 2 heteroatoms. The lowest BCUT2D eigenvalue weighted by molar-refractivity contribution is 0.321. The fourth-order valence-electron chi connectivity index (χ4n) is 1.41. The molecule has 72 valence electrons. The molecule has 0 aliphatic carbocycles. The van der Waals surface area contributed by atoms with Crippen molar-refractivity contribution in [2.24, 2.45) is 0 Å². The van der Waals surface area contributed by atoms with E-state index in [1.807, 2.05) is 30.3 Å². The number of benzene rings is 1. The van der Waals surface area contributed by atoms with E-state index in [-0.39, 0.29) is 0 Å². The van der Waals surface area contributed by atoms with Crippen molar-refractivity contribution in [1.82, 2.24) is 4.98 Å². The Balaban J connectivity index is 2.43. The van der Waals surface area contributed by atoms with E-state index < -0.39 is 0 Å². The number of ether oxygens (including phenoxy) is 1. The van der Waals surface area contributed by atoms with Gasteiger partial charge in [0.1, 0.15) is 5.75 Å². The molecule has 1 heterocycles. The van der Waals surface area contributed by atoms with Crippen LogP contribution in [-0.2, 0) is 0 Å². The van der Waals surface area contributed by atoms with Crippen LogP contribution in [0, 0.1) is 0 Å². The van der Waals surface area contributed by atoms with Crippen LogP contribution in [0.1, 0.15) is 13.3 Å². The lowest BCUT2D eigenvalue weighted by Gasteiger charge is -2.06. The molecule has 0 fully saturated rings. The molecule has 0 unspecified atom stereocenters. The quantitative estimate of drug-likeness (QED) is 0.736. The Morgan fingerprint density at radius 2 is 2.14 bits per heavy atom. The molecule has 0 radical (unpaired) electrons. The number of pyridine rings is 1. The molecular formula is C12H13NO. The minimum absolute atomic E-state index is 0.758. The zero-order valence-electron chi connectivity index (χ0n) is 8.23. The highest BCUT2D eigenvalue weighted by Crippen LogP contribution is 2.23. The fourth-order valence-corrected chi connectivity index (χ4v) is 1.41. The first-order valence-electron chi connectivity index (χ1n) is 4.88. The molecule has 14 heavy (non-hydrogen) atoms. The summed E-state index contributed by atoms with van der Waals surface area (Å²) in [6.07, 6.45) is 2.82. The molecule has 1 aromatic heterocycles. The van der Waals surface area contributed by atoms with Gasteiger partial charge in [0, 0.05) is 11.6 Å². The van der Waals surface area contributed by atoms with Gasteiger partial charge in [-0.1, -0.05) is 13.0 Å². The van der Waals surface area contributed by atoms with Gasteiger partial charge in [-0.15, -0.1) is 0 Å². The summed E-state index contributed by atoms with van der Waals surface area (Å²) >= 11 is 0. The third kappa shape index (κ3) is 1.69. The molecule has 2 aromatic rings. The monoisotopic (exact) mass is 187 g/mol. The van der Waals surface area contributed by atoms with E-state index >= 15 is 0 Å². The molecule has 0 saturated carbocycles. The van der Waals surface area contributed by atoms with Gasteiger partial charge in [0.25, 0.3) is 0 Å². The van der Waals surface area contributed by atoms with Crippen LogP contribution in [0.3, 0.4) is 0 Å². The van der Waals surface area contributed by atoms with Crippen molar-refractivity contribution in [3.8, 4) is 5.75 Å². The Kier molecular flexibility index (Phi) is 2.63. The fraction of sp³-hybridized carbons (Fsp3) is 0.250. The molecular weight excluding hydrogens is 174 g/mol. The molecule has 0 aliphatic rings. The zero-order chi connectivity index (χ0) is 9.80. The first kappa shape index (κ1) is 9.00. The van der Waals surface area contributed by atoms with Crippen molar-refractivity contribution >= 4 is 10.9 Å². The number of hydrogen-bond acceptors (Lipinski definition) is 2. The molecule has 2 nitrogen and oxygen atoms in total. The minimum atomic E-state index is 0.758. The largest absolute Gasteiger partial charge is 0.493 e. The lowest BCUT2D eigenvalue weighted by Crippen LogP contribution is -1.95. The normalized spacial score (nSPS) is 10.4. The van der Waals surface area contributed by atoms with Gasteiger partial charge in [0.2, 0.25) is 0 Å². The number of nitrogens with zero attached hydrogens (tertiary/aromatic N) is 1. The predicted molar refractivity (Wildman–Crippen MR) is 57.5 cm³/mol. The van der Waals surface area contributed by atoms with E-state index in [1.165, 1.54) is 0 Å². The van der Waals surface area contributed by atoms with Crippen molar-refractivity contribution in [3.63, 3.8) is 0 Å². The highest BCUT2D eigenvalue weighted by Gasteiger charge is 2.00. The summed E-state index contributed by atoms with van der Waals surface area (Å²) in [7, 11) is 0. The van der Waals surface area contributed by atoms with Gasteiger partial charge in [-0.3, -0.25) is 4.98 Å². The summed E-state index contributed by atoms with van der Waals surface area (Å²) in [6, 6.07) is 9.92. The van der Waals surface area contributed by atoms with Gasteiger partial charge in [-0.25, -0.2) is 0 Å². The third-order valence-corrected chi connectivity index (χ3v) is 2.07. The molecule has 0 saturated heterocycles. The highest BCUT2D eigenvalue weighted by molar-refractivity contribution is 5.84. The van der Waals surface area contributed by atoms with E-state index in [0.29, 0.717) is 0 Å². The van der Waals surface area contributed by atoms with Gasteiger partial charge in [0.05, 0.1) is 12.1 Å². The summed E-state index contributed by atoms with van der Waals surface area (Å²) in [6.45, 7) is 2.86. The maximum absolute atomic E-state index is 5.63. The zero-order valence-corrected chi connectivity index (χ0v) is 8.23. The average molecular weight is 187 g/mol. The molecule has 2 rings (SSSR count). The number of aromatic nitrogens is 1. The van der Waals surface area contributed by atoms with Crippen molar-refractivity contribution < 1.29 is 4.74 Å². The van der Waals surface area contributed by atoms with Crippen LogP contribution >= 0.6 is 0 Å². The van der Waals surface area contributed by atoms with Crippen molar-refractivity contribution in [2.75, 3.05) is 6.61 Å². The second kappa shape index (κ2) is 4.09. The van der Waals surface area contributed by atoms with Crippen molar-refractivity contribution in [1.29, 1.82) is 0 Å². The van der Waals surface area contributed by atoms with Crippen molar-refractivity contribution in [2.45, 2.75) is 13.3 Å². The molecule has 0 atom stereocenters. The van der Waals surface area contributed by atoms with Gasteiger partial charge in [-0.2, -0.15) is 0 Å². The van der Waals surface area contributed by atoms with E-state index in [4.69, 9.17) is 4.74 Å². The Morgan fingerprint density at radius 3 is 3.00 bits per heavy atom. The SMILES string of the molecule is CCCOc1cccc2ncccc12. The second-order valence-corrected chi connectivity index (χ2v) is 3.17. The second-order valence-electron chi connectivity index (χ2n) is 3.17. The number of hydrogen-bond donors (Lipinski definition) is 0. The predicted octanol–water partition coefficient (Wildman–Crippen LogP) is 3.02. The van der Waals surface area contributed by atoms with Gasteiger partial charge >= 0.3 is 0 Å². The first-order valence-corrected chi connectivity index (χ1v) is 4.88. The molecule has 0 bridgehead atoms. The number of rotatable bonds is 3. The average Bonchev–Trinajstić information content (AvgIpc) is 2.26. The summed E-state index contributed by atoms with van der Waals surface area (Å²) in [5, 5.41) is 1.09. The molecule has 0 amide bonds. The highest BCUT2D eigenvalue weighted by atomic mass is 16.5. The van der Waals surface area contributed by atoms with E-state index in [0.717, 1.165) is 29.7 Å². The van der Waals surface area contributed by atoms with Gasteiger partial charge in [0.15, 0.2) is 0 Å². The summed E-state index contributed by atoms with van der Waals surface area (Å²) < 4.78 is 5.63. The molecule has 1 aromatic carbocycles. The van der Waals surface area contributed by atoms with E-state index in [2.05, 4.69) is 11.9 Å². The maximum atomic E-state index is 5.63.